The Bertz CT molecular complexity index is 667. The van der Waals surface area contributed by atoms with Gasteiger partial charge in [0.2, 0.25) is 11.8 Å². The summed E-state index contributed by atoms with van der Waals surface area (Å²) in [5, 5.41) is 5.29. The second kappa shape index (κ2) is 12.0. The van der Waals surface area contributed by atoms with Gasteiger partial charge in [0, 0.05) is 19.0 Å². The van der Waals surface area contributed by atoms with Gasteiger partial charge in [0.25, 0.3) is 0 Å². The van der Waals surface area contributed by atoms with Crippen LogP contribution in [0.4, 0.5) is 8.78 Å². The third-order valence-electron chi connectivity index (χ3n) is 3.95. The monoisotopic (exact) mass is 378 g/mol. The molecule has 0 saturated carbocycles. The van der Waals surface area contributed by atoms with E-state index in [2.05, 4.69) is 17.6 Å². The van der Waals surface area contributed by atoms with E-state index in [9.17, 15) is 18.4 Å². The highest BCUT2D eigenvalue weighted by Gasteiger charge is 2.20. The first-order valence-electron chi connectivity index (χ1n) is 9.18. The van der Waals surface area contributed by atoms with Crippen LogP contribution in [0.25, 0.3) is 0 Å². The highest BCUT2D eigenvalue weighted by atomic mass is 19.1. The molecular weight excluding hydrogens is 350 g/mol. The number of amides is 2. The molecule has 0 radical (unpaired) electrons. The van der Waals surface area contributed by atoms with Crippen molar-refractivity contribution < 1.29 is 18.4 Å². The highest BCUT2D eigenvalue weighted by Crippen LogP contribution is 2.11. The standard InChI is InChI=1S/C21H28F2N2O2/c1-4-6-10-24-21(27)19(13-16-11-17(22)14-18(23)12-16)25-20(26)9-8-15(3)7-5-2/h4,6,8-9,11-12,14-15,19H,5,7,10,13H2,1-3H3,(H,24,27)(H,25,26)/b6-4+,9-8+/t15?,19-/m0/s1. The van der Waals surface area contributed by atoms with Gasteiger partial charge in [-0.15, -0.1) is 0 Å². The number of allylic oxidation sites excluding steroid dienone is 2. The normalized spacial score (nSPS) is 13.7. The molecule has 6 heteroatoms. The second-order valence-corrected chi connectivity index (χ2v) is 6.48. The van der Waals surface area contributed by atoms with Crippen LogP contribution >= 0.6 is 0 Å². The van der Waals surface area contributed by atoms with Crippen LogP contribution in [0.5, 0.6) is 0 Å². The molecule has 2 amide bonds. The maximum atomic E-state index is 13.4. The van der Waals surface area contributed by atoms with Gasteiger partial charge < -0.3 is 10.6 Å². The van der Waals surface area contributed by atoms with Crippen molar-refractivity contribution in [3.05, 3.63) is 59.7 Å². The maximum absolute atomic E-state index is 13.4. The number of carbonyl (C=O) groups excluding carboxylic acids is 2. The van der Waals surface area contributed by atoms with E-state index in [4.69, 9.17) is 0 Å². The van der Waals surface area contributed by atoms with E-state index in [0.717, 1.165) is 31.0 Å². The Labute approximate surface area is 159 Å². The molecule has 1 aromatic rings. The summed E-state index contributed by atoms with van der Waals surface area (Å²) in [6, 6.07) is 2.14. The summed E-state index contributed by atoms with van der Waals surface area (Å²) in [6.45, 7) is 6.20. The zero-order valence-electron chi connectivity index (χ0n) is 16.1. The zero-order valence-corrected chi connectivity index (χ0v) is 16.1. The Morgan fingerprint density at radius 2 is 1.85 bits per heavy atom. The summed E-state index contributed by atoms with van der Waals surface area (Å²) in [5.41, 5.74) is 0.294. The first-order valence-corrected chi connectivity index (χ1v) is 9.18. The van der Waals surface area contributed by atoms with E-state index in [-0.39, 0.29) is 12.3 Å². The van der Waals surface area contributed by atoms with Gasteiger partial charge in [0.1, 0.15) is 17.7 Å². The van der Waals surface area contributed by atoms with Crippen LogP contribution in [0.15, 0.2) is 42.5 Å². The number of hydrogen-bond acceptors (Lipinski definition) is 2. The van der Waals surface area contributed by atoms with Gasteiger partial charge in [-0.05, 0) is 43.0 Å². The van der Waals surface area contributed by atoms with Crippen molar-refractivity contribution in [2.24, 2.45) is 5.92 Å². The molecule has 0 bridgehead atoms. The second-order valence-electron chi connectivity index (χ2n) is 6.48. The predicted octanol–water partition coefficient (Wildman–Crippen LogP) is 3.68. The number of hydrogen-bond donors (Lipinski definition) is 2. The molecule has 2 atom stereocenters. The van der Waals surface area contributed by atoms with Gasteiger partial charge in [-0.2, -0.15) is 0 Å². The summed E-state index contributed by atoms with van der Waals surface area (Å²) in [6.07, 6.45) is 8.68. The lowest BCUT2D eigenvalue weighted by molar-refractivity contribution is -0.126. The van der Waals surface area contributed by atoms with E-state index in [1.165, 1.54) is 6.08 Å². The molecule has 0 heterocycles. The van der Waals surface area contributed by atoms with Gasteiger partial charge in [-0.25, -0.2) is 8.78 Å². The number of benzene rings is 1. The lowest BCUT2D eigenvalue weighted by Gasteiger charge is -2.18. The highest BCUT2D eigenvalue weighted by molar-refractivity contribution is 5.93. The van der Waals surface area contributed by atoms with Crippen molar-refractivity contribution in [1.29, 1.82) is 0 Å². The molecule has 1 aromatic carbocycles. The van der Waals surface area contributed by atoms with Gasteiger partial charge in [0.05, 0.1) is 0 Å². The molecule has 2 N–H and O–H groups in total. The number of halogens is 2. The fourth-order valence-corrected chi connectivity index (χ4v) is 2.60. The molecule has 0 fully saturated rings. The van der Waals surface area contributed by atoms with Gasteiger partial charge in [-0.1, -0.05) is 38.5 Å². The molecular formula is C21H28F2N2O2. The minimum Gasteiger partial charge on any atom is -0.351 e. The van der Waals surface area contributed by atoms with Crippen molar-refractivity contribution in [3.8, 4) is 0 Å². The fourth-order valence-electron chi connectivity index (χ4n) is 2.60. The molecule has 4 nitrogen and oxygen atoms in total. The van der Waals surface area contributed by atoms with Gasteiger partial charge in [-0.3, -0.25) is 9.59 Å². The number of carbonyl (C=O) groups is 2. The van der Waals surface area contributed by atoms with Crippen LogP contribution in [0.1, 0.15) is 39.2 Å². The Balaban J connectivity index is 2.86. The van der Waals surface area contributed by atoms with Crippen molar-refractivity contribution in [2.75, 3.05) is 6.54 Å². The Morgan fingerprint density at radius 1 is 1.19 bits per heavy atom. The van der Waals surface area contributed by atoms with Crippen molar-refractivity contribution >= 4 is 11.8 Å². The topological polar surface area (TPSA) is 58.2 Å². The molecule has 1 rings (SSSR count). The summed E-state index contributed by atoms with van der Waals surface area (Å²) >= 11 is 0. The largest absolute Gasteiger partial charge is 0.351 e. The average molecular weight is 378 g/mol. The molecule has 148 valence electrons. The molecule has 0 aliphatic heterocycles. The Kier molecular flexibility index (Phi) is 10.0. The van der Waals surface area contributed by atoms with Crippen molar-refractivity contribution in [3.63, 3.8) is 0 Å². The van der Waals surface area contributed by atoms with Crippen LogP contribution in [-0.4, -0.2) is 24.4 Å². The van der Waals surface area contributed by atoms with Crippen molar-refractivity contribution in [1.82, 2.24) is 10.6 Å². The van der Waals surface area contributed by atoms with E-state index in [1.807, 2.05) is 13.8 Å². The van der Waals surface area contributed by atoms with Crippen LogP contribution in [0, 0.1) is 17.6 Å². The average Bonchev–Trinajstić information content (AvgIpc) is 2.59. The smallest absolute Gasteiger partial charge is 0.244 e. The van der Waals surface area contributed by atoms with E-state index >= 15 is 0 Å². The van der Waals surface area contributed by atoms with Crippen LogP contribution in [0.2, 0.25) is 0 Å². The summed E-state index contributed by atoms with van der Waals surface area (Å²) in [5.74, 6) is -2.03. The lowest BCUT2D eigenvalue weighted by atomic mass is 10.0. The first-order chi connectivity index (χ1) is 12.8. The first kappa shape index (κ1) is 22.5. The third-order valence-corrected chi connectivity index (χ3v) is 3.95. The molecule has 0 spiro atoms. The summed E-state index contributed by atoms with van der Waals surface area (Å²) in [4.78, 5) is 24.6. The number of rotatable bonds is 10. The summed E-state index contributed by atoms with van der Waals surface area (Å²) in [7, 11) is 0. The lowest BCUT2D eigenvalue weighted by Crippen LogP contribution is -2.47. The molecule has 0 aliphatic carbocycles. The maximum Gasteiger partial charge on any atom is 0.244 e. The molecule has 1 unspecified atom stereocenters. The number of nitrogens with one attached hydrogen (secondary N) is 2. The fraction of sp³-hybridized carbons (Fsp3) is 0.429. The quantitative estimate of drug-likeness (QED) is 0.482. The molecule has 0 aromatic heterocycles. The minimum atomic E-state index is -0.935. The zero-order chi connectivity index (χ0) is 20.2. The van der Waals surface area contributed by atoms with Crippen molar-refractivity contribution in [2.45, 2.75) is 46.1 Å². The molecule has 0 saturated heterocycles. The van der Waals surface area contributed by atoms with E-state index in [1.54, 1.807) is 18.2 Å². The van der Waals surface area contributed by atoms with Gasteiger partial charge in [0.15, 0.2) is 0 Å². The minimum absolute atomic E-state index is 0.0134. The third kappa shape index (κ3) is 9.13. The summed E-state index contributed by atoms with van der Waals surface area (Å²) < 4.78 is 26.8. The Morgan fingerprint density at radius 3 is 2.44 bits per heavy atom. The van der Waals surface area contributed by atoms with Gasteiger partial charge >= 0.3 is 0 Å². The van der Waals surface area contributed by atoms with Crippen LogP contribution in [0.3, 0.4) is 0 Å². The molecule has 0 aliphatic rings. The van der Waals surface area contributed by atoms with Crippen LogP contribution in [-0.2, 0) is 16.0 Å². The SMILES string of the molecule is C/C=C/CNC(=O)[C@H](Cc1cc(F)cc(F)c1)NC(=O)/C=C/C(C)CCC. The predicted molar refractivity (Wildman–Crippen MR) is 103 cm³/mol. The Hall–Kier alpha value is -2.50. The van der Waals surface area contributed by atoms with E-state index in [0.29, 0.717) is 12.1 Å². The van der Waals surface area contributed by atoms with Crippen LogP contribution < -0.4 is 10.6 Å². The molecule has 27 heavy (non-hydrogen) atoms. The van der Waals surface area contributed by atoms with E-state index < -0.39 is 29.5 Å².